The van der Waals surface area contributed by atoms with Crippen LogP contribution in [-0.2, 0) is 4.79 Å². The minimum Gasteiger partial charge on any atom is -0.336 e. The molecule has 0 aliphatic carbocycles. The number of nitrogens with one attached hydrogen (secondary N) is 2. The molecule has 0 bridgehead atoms. The molecule has 1 heterocycles. The van der Waals surface area contributed by atoms with Crippen LogP contribution in [0.15, 0.2) is 29.4 Å². The number of amides is 3. The molecule has 1 aromatic heterocycles. The van der Waals surface area contributed by atoms with Crippen LogP contribution < -0.4 is 10.6 Å². The van der Waals surface area contributed by atoms with E-state index in [9.17, 15) is 18.4 Å². The zero-order chi connectivity index (χ0) is 17.0. The van der Waals surface area contributed by atoms with Gasteiger partial charge in [0.25, 0.3) is 0 Å². The van der Waals surface area contributed by atoms with E-state index in [1.807, 2.05) is 0 Å². The Kier molecular flexibility index (Phi) is 5.54. The molecule has 0 aliphatic heterocycles. The molecule has 0 fully saturated rings. The number of carbonyl (C=O) groups excluding carboxylic acids is 2. The van der Waals surface area contributed by atoms with Crippen molar-refractivity contribution in [3.05, 3.63) is 24.3 Å². The van der Waals surface area contributed by atoms with E-state index in [-0.39, 0.29) is 17.0 Å². The zero-order valence-electron chi connectivity index (χ0n) is 12.5. The van der Waals surface area contributed by atoms with Gasteiger partial charge in [0.05, 0.1) is 16.8 Å². The SMILES string of the molecule is CC(C)NC(=O)NC(=O)CSc1nc2ccccc2n1C(F)F. The number of para-hydroxylation sites is 2. The molecule has 9 heteroatoms. The lowest BCUT2D eigenvalue weighted by Crippen LogP contribution is -2.43. The normalized spacial score (nSPS) is 11.2. The zero-order valence-corrected chi connectivity index (χ0v) is 13.4. The fourth-order valence-electron chi connectivity index (χ4n) is 1.90. The second kappa shape index (κ2) is 7.40. The molecular weight excluding hydrogens is 326 g/mol. The van der Waals surface area contributed by atoms with Crippen molar-refractivity contribution in [2.75, 3.05) is 5.75 Å². The standard InChI is InChI=1S/C14H16F2N4O2S/c1-8(2)17-13(22)19-11(21)7-23-14-18-9-5-3-4-6-10(9)20(14)12(15)16/h3-6,8,12H,7H2,1-2H3,(H2,17,19,21,22). The van der Waals surface area contributed by atoms with Crippen molar-refractivity contribution in [2.45, 2.75) is 31.6 Å². The largest absolute Gasteiger partial charge is 0.336 e. The van der Waals surface area contributed by atoms with Crippen LogP contribution in [-0.4, -0.2) is 33.3 Å². The van der Waals surface area contributed by atoms with Gasteiger partial charge >= 0.3 is 12.6 Å². The number of aromatic nitrogens is 2. The Morgan fingerprint density at radius 1 is 1.30 bits per heavy atom. The molecular formula is C14H16F2N4O2S. The summed E-state index contributed by atoms with van der Waals surface area (Å²) in [5, 5.41) is 4.66. The maximum atomic E-state index is 13.2. The second-order valence-corrected chi connectivity index (χ2v) is 5.94. The van der Waals surface area contributed by atoms with E-state index in [4.69, 9.17) is 0 Å². The molecule has 0 saturated carbocycles. The van der Waals surface area contributed by atoms with E-state index in [1.54, 1.807) is 32.0 Å². The Labute approximate surface area is 135 Å². The molecule has 2 rings (SSSR count). The first kappa shape index (κ1) is 17.2. The summed E-state index contributed by atoms with van der Waals surface area (Å²) in [4.78, 5) is 27.2. The summed E-state index contributed by atoms with van der Waals surface area (Å²) in [7, 11) is 0. The van der Waals surface area contributed by atoms with E-state index >= 15 is 0 Å². The number of urea groups is 1. The minimum atomic E-state index is -2.77. The van der Waals surface area contributed by atoms with E-state index in [2.05, 4.69) is 15.6 Å². The summed E-state index contributed by atoms with van der Waals surface area (Å²) in [5.41, 5.74) is 0.719. The number of benzene rings is 1. The highest BCUT2D eigenvalue weighted by atomic mass is 32.2. The molecule has 124 valence electrons. The minimum absolute atomic E-state index is 0.0283. The first-order valence-electron chi connectivity index (χ1n) is 6.86. The predicted octanol–water partition coefficient (Wildman–Crippen LogP) is 2.76. The first-order valence-corrected chi connectivity index (χ1v) is 7.85. The van der Waals surface area contributed by atoms with Crippen LogP contribution in [0.5, 0.6) is 0 Å². The third-order valence-corrected chi connectivity index (χ3v) is 3.72. The molecule has 2 N–H and O–H groups in total. The average Bonchev–Trinajstić information content (AvgIpc) is 2.82. The Morgan fingerprint density at radius 3 is 2.65 bits per heavy atom. The number of imidazole rings is 1. The Balaban J connectivity index is 2.06. The smallest absolute Gasteiger partial charge is 0.321 e. The van der Waals surface area contributed by atoms with Crippen molar-refractivity contribution in [1.29, 1.82) is 0 Å². The number of hydrogen-bond acceptors (Lipinski definition) is 4. The van der Waals surface area contributed by atoms with Crippen molar-refractivity contribution in [3.63, 3.8) is 0 Å². The summed E-state index contributed by atoms with van der Waals surface area (Å²) in [6.07, 6.45) is 0. The molecule has 0 radical (unpaired) electrons. The highest BCUT2D eigenvalue weighted by Crippen LogP contribution is 2.28. The van der Waals surface area contributed by atoms with Crippen LogP contribution in [0.4, 0.5) is 13.6 Å². The molecule has 3 amide bonds. The van der Waals surface area contributed by atoms with Gasteiger partial charge < -0.3 is 5.32 Å². The van der Waals surface area contributed by atoms with Gasteiger partial charge in [-0.25, -0.2) is 9.78 Å². The fraction of sp³-hybridized carbons (Fsp3) is 0.357. The van der Waals surface area contributed by atoms with Gasteiger partial charge in [-0.15, -0.1) is 0 Å². The van der Waals surface area contributed by atoms with Crippen LogP contribution in [0.1, 0.15) is 20.4 Å². The molecule has 0 spiro atoms. The van der Waals surface area contributed by atoms with E-state index in [0.29, 0.717) is 11.0 Å². The monoisotopic (exact) mass is 342 g/mol. The summed E-state index contributed by atoms with van der Waals surface area (Å²) in [6, 6.07) is 5.76. The fourth-order valence-corrected chi connectivity index (χ4v) is 2.72. The predicted molar refractivity (Wildman–Crippen MR) is 83.5 cm³/mol. The molecule has 0 unspecified atom stereocenters. The number of hydrogen-bond donors (Lipinski definition) is 2. The average molecular weight is 342 g/mol. The molecule has 23 heavy (non-hydrogen) atoms. The van der Waals surface area contributed by atoms with Gasteiger partial charge in [-0.3, -0.25) is 14.7 Å². The highest BCUT2D eigenvalue weighted by molar-refractivity contribution is 7.99. The van der Waals surface area contributed by atoms with Crippen molar-refractivity contribution in [1.82, 2.24) is 20.2 Å². The van der Waals surface area contributed by atoms with Crippen molar-refractivity contribution in [2.24, 2.45) is 0 Å². The number of imide groups is 1. The Hall–Kier alpha value is -2.16. The lowest BCUT2D eigenvalue weighted by atomic mass is 10.3. The highest BCUT2D eigenvalue weighted by Gasteiger charge is 2.19. The van der Waals surface area contributed by atoms with E-state index in [0.717, 1.165) is 16.3 Å². The number of halogens is 2. The number of alkyl halides is 2. The quantitative estimate of drug-likeness (QED) is 0.819. The molecule has 2 aromatic rings. The number of fused-ring (bicyclic) bond motifs is 1. The van der Waals surface area contributed by atoms with E-state index < -0.39 is 18.5 Å². The molecule has 0 saturated heterocycles. The summed E-state index contributed by atoms with van der Waals surface area (Å²) < 4.78 is 27.2. The van der Waals surface area contributed by atoms with Gasteiger partial charge in [0.2, 0.25) is 5.91 Å². The lowest BCUT2D eigenvalue weighted by Gasteiger charge is -2.09. The Morgan fingerprint density at radius 2 is 2.00 bits per heavy atom. The molecule has 6 nitrogen and oxygen atoms in total. The number of carbonyl (C=O) groups is 2. The van der Waals surface area contributed by atoms with Crippen LogP contribution in [0.25, 0.3) is 11.0 Å². The van der Waals surface area contributed by atoms with Crippen LogP contribution >= 0.6 is 11.8 Å². The summed E-state index contributed by atoms with van der Waals surface area (Å²) in [5.74, 6) is -0.775. The maximum absolute atomic E-state index is 13.2. The summed E-state index contributed by atoms with van der Waals surface area (Å²) in [6.45, 7) is 0.741. The molecule has 1 aromatic carbocycles. The third kappa shape index (κ3) is 4.41. The second-order valence-electron chi connectivity index (χ2n) is 5.00. The van der Waals surface area contributed by atoms with Gasteiger partial charge in [0, 0.05) is 6.04 Å². The van der Waals surface area contributed by atoms with Crippen LogP contribution in [0.2, 0.25) is 0 Å². The van der Waals surface area contributed by atoms with Gasteiger partial charge in [0.15, 0.2) is 5.16 Å². The van der Waals surface area contributed by atoms with E-state index in [1.165, 1.54) is 6.07 Å². The van der Waals surface area contributed by atoms with Gasteiger partial charge in [0.1, 0.15) is 0 Å². The topological polar surface area (TPSA) is 76.0 Å². The third-order valence-electron chi connectivity index (χ3n) is 2.76. The first-order chi connectivity index (χ1) is 10.9. The molecule has 0 aliphatic rings. The van der Waals surface area contributed by atoms with Gasteiger partial charge in [-0.2, -0.15) is 8.78 Å². The maximum Gasteiger partial charge on any atom is 0.321 e. The number of thioether (sulfide) groups is 1. The van der Waals surface area contributed by atoms with Crippen molar-refractivity contribution < 1.29 is 18.4 Å². The number of rotatable bonds is 5. The van der Waals surface area contributed by atoms with Gasteiger partial charge in [-0.1, -0.05) is 23.9 Å². The van der Waals surface area contributed by atoms with Crippen LogP contribution in [0, 0.1) is 0 Å². The summed E-state index contributed by atoms with van der Waals surface area (Å²) >= 11 is 0.850. The van der Waals surface area contributed by atoms with Crippen molar-refractivity contribution >= 4 is 34.7 Å². The molecule has 0 atom stereocenters. The van der Waals surface area contributed by atoms with Crippen LogP contribution in [0.3, 0.4) is 0 Å². The Bertz CT molecular complexity index is 718. The number of nitrogens with zero attached hydrogens (tertiary/aromatic N) is 2. The lowest BCUT2D eigenvalue weighted by molar-refractivity contribution is -0.117. The van der Waals surface area contributed by atoms with Gasteiger partial charge in [-0.05, 0) is 26.0 Å². The van der Waals surface area contributed by atoms with Crippen molar-refractivity contribution in [3.8, 4) is 0 Å².